The summed E-state index contributed by atoms with van der Waals surface area (Å²) in [6.07, 6.45) is 0.538. The minimum atomic E-state index is -3.30. The molecule has 0 spiro atoms. The molecule has 0 aliphatic rings. The summed E-state index contributed by atoms with van der Waals surface area (Å²) in [7, 11) is -3.30. The first-order valence-corrected chi connectivity index (χ1v) is 9.13. The van der Waals surface area contributed by atoms with Crippen molar-refractivity contribution in [3.05, 3.63) is 40.3 Å². The van der Waals surface area contributed by atoms with E-state index in [4.69, 9.17) is 0 Å². The maximum absolute atomic E-state index is 12.0. The molecule has 0 aliphatic carbocycles. The Morgan fingerprint density at radius 3 is 2.64 bits per heavy atom. The van der Waals surface area contributed by atoms with Gasteiger partial charge in [0.2, 0.25) is 15.0 Å². The lowest BCUT2D eigenvalue weighted by Gasteiger charge is -2.02. The molecule has 2 N–H and O–H groups in total. The lowest BCUT2D eigenvalue weighted by atomic mass is 10.3. The number of nitrogens with zero attached hydrogens (tertiary/aromatic N) is 2. The molecule has 0 radical (unpaired) electrons. The Bertz CT molecular complexity index is 729. The summed E-state index contributed by atoms with van der Waals surface area (Å²) in [5, 5.41) is 10.9. The number of sulfonamides is 1. The topological polar surface area (TPSA) is 101 Å². The molecule has 1 amide bonds. The van der Waals surface area contributed by atoms with Crippen LogP contribution in [0, 0.1) is 0 Å². The first-order chi connectivity index (χ1) is 10.5. The lowest BCUT2D eigenvalue weighted by Crippen LogP contribution is -2.25. The van der Waals surface area contributed by atoms with E-state index in [0.29, 0.717) is 17.1 Å². The van der Waals surface area contributed by atoms with E-state index in [1.807, 2.05) is 18.2 Å². The summed E-state index contributed by atoms with van der Waals surface area (Å²) in [6.45, 7) is 1.83. The van der Waals surface area contributed by atoms with Crippen LogP contribution in [0.25, 0.3) is 0 Å². The molecule has 7 nitrogen and oxygen atoms in total. The molecule has 118 valence electrons. The number of aromatic nitrogens is 2. The number of para-hydroxylation sites is 1. The van der Waals surface area contributed by atoms with Crippen molar-refractivity contribution in [3.63, 3.8) is 0 Å². The van der Waals surface area contributed by atoms with Gasteiger partial charge >= 0.3 is 0 Å². The summed E-state index contributed by atoms with van der Waals surface area (Å²) < 4.78 is 25.5. The van der Waals surface area contributed by atoms with Crippen LogP contribution in [0.5, 0.6) is 0 Å². The van der Waals surface area contributed by atoms with Crippen LogP contribution in [0.15, 0.2) is 30.3 Å². The number of carbonyl (C=O) groups is 1. The molecule has 2 aromatic rings. The average Bonchev–Trinajstić information content (AvgIpc) is 2.95. The van der Waals surface area contributed by atoms with E-state index in [2.05, 4.69) is 20.2 Å². The molecule has 0 atom stereocenters. The van der Waals surface area contributed by atoms with Gasteiger partial charge in [-0.1, -0.05) is 36.5 Å². The predicted octanol–water partition coefficient (Wildman–Crippen LogP) is 1.62. The van der Waals surface area contributed by atoms with Gasteiger partial charge in [0.1, 0.15) is 5.01 Å². The molecule has 1 aromatic heterocycles. The van der Waals surface area contributed by atoms with Gasteiger partial charge in [-0.2, -0.15) is 0 Å². The quantitative estimate of drug-likeness (QED) is 0.797. The van der Waals surface area contributed by atoms with Crippen molar-refractivity contribution in [1.29, 1.82) is 0 Å². The number of benzene rings is 1. The second kappa shape index (κ2) is 7.43. The summed E-state index contributed by atoms with van der Waals surface area (Å²) in [5.74, 6) is -0.306. The summed E-state index contributed by atoms with van der Waals surface area (Å²) in [4.78, 5) is 12.0. The van der Waals surface area contributed by atoms with Crippen LogP contribution in [-0.2, 0) is 16.6 Å². The van der Waals surface area contributed by atoms with Crippen LogP contribution in [-0.4, -0.2) is 30.3 Å². The van der Waals surface area contributed by atoms with Crippen molar-refractivity contribution in [1.82, 2.24) is 14.9 Å². The van der Waals surface area contributed by atoms with Gasteiger partial charge in [0.25, 0.3) is 5.91 Å². The van der Waals surface area contributed by atoms with Gasteiger partial charge in [-0.15, -0.1) is 10.2 Å². The van der Waals surface area contributed by atoms with Crippen LogP contribution in [0.2, 0.25) is 0 Å². The number of nitrogens with one attached hydrogen (secondary N) is 2. The maximum atomic E-state index is 12.0. The van der Waals surface area contributed by atoms with E-state index < -0.39 is 10.0 Å². The van der Waals surface area contributed by atoms with Gasteiger partial charge < -0.3 is 5.32 Å². The van der Waals surface area contributed by atoms with Crippen LogP contribution in [0.3, 0.4) is 0 Å². The van der Waals surface area contributed by atoms with Gasteiger partial charge in [-0.3, -0.25) is 4.79 Å². The molecule has 1 aromatic carbocycles. The third kappa shape index (κ3) is 4.86. The summed E-state index contributed by atoms with van der Waals surface area (Å²) >= 11 is 1.06. The monoisotopic (exact) mass is 340 g/mol. The third-order valence-electron chi connectivity index (χ3n) is 2.61. The SMILES string of the molecule is CCCS(=O)(=O)NCc1nnc(C(=O)Nc2ccccc2)s1. The van der Waals surface area contributed by atoms with Gasteiger partial charge in [-0.25, -0.2) is 13.1 Å². The van der Waals surface area contributed by atoms with Gasteiger partial charge in [0, 0.05) is 5.69 Å². The average molecular weight is 340 g/mol. The normalized spacial score (nSPS) is 11.3. The van der Waals surface area contributed by atoms with E-state index in [-0.39, 0.29) is 23.2 Å². The maximum Gasteiger partial charge on any atom is 0.286 e. The van der Waals surface area contributed by atoms with Crippen molar-refractivity contribution in [2.75, 3.05) is 11.1 Å². The van der Waals surface area contributed by atoms with E-state index in [0.717, 1.165) is 11.3 Å². The molecule has 1 heterocycles. The lowest BCUT2D eigenvalue weighted by molar-refractivity contribution is 0.102. The highest BCUT2D eigenvalue weighted by atomic mass is 32.2. The minimum absolute atomic E-state index is 0.0403. The number of rotatable bonds is 7. The standard InChI is InChI=1S/C13H16N4O3S2/c1-2-8-22(19,20)14-9-11-16-17-13(21-11)12(18)15-10-6-4-3-5-7-10/h3-7,14H,2,8-9H2,1H3,(H,15,18). The zero-order chi connectivity index (χ0) is 16.0. The number of carbonyl (C=O) groups excluding carboxylic acids is 1. The first kappa shape index (κ1) is 16.5. The molecule has 0 bridgehead atoms. The highest BCUT2D eigenvalue weighted by Crippen LogP contribution is 2.13. The second-order valence-corrected chi connectivity index (χ2v) is 7.45. The fourth-order valence-electron chi connectivity index (χ4n) is 1.64. The Morgan fingerprint density at radius 1 is 1.23 bits per heavy atom. The molecule has 0 fully saturated rings. The van der Waals surface area contributed by atoms with E-state index in [1.54, 1.807) is 19.1 Å². The van der Waals surface area contributed by atoms with Crippen LogP contribution >= 0.6 is 11.3 Å². The zero-order valence-corrected chi connectivity index (χ0v) is 13.6. The number of hydrogen-bond donors (Lipinski definition) is 2. The molecule has 2 rings (SSSR count). The molecular weight excluding hydrogens is 324 g/mol. The molecule has 0 saturated carbocycles. The third-order valence-corrected chi connectivity index (χ3v) is 5.06. The van der Waals surface area contributed by atoms with Crippen molar-refractivity contribution < 1.29 is 13.2 Å². The van der Waals surface area contributed by atoms with E-state index in [1.165, 1.54) is 0 Å². The second-order valence-electron chi connectivity index (χ2n) is 4.46. The van der Waals surface area contributed by atoms with Gasteiger partial charge in [0.05, 0.1) is 12.3 Å². The van der Waals surface area contributed by atoms with Crippen molar-refractivity contribution >= 4 is 33.0 Å². The molecule has 0 saturated heterocycles. The van der Waals surface area contributed by atoms with Crippen LogP contribution < -0.4 is 10.0 Å². The fraction of sp³-hybridized carbons (Fsp3) is 0.308. The minimum Gasteiger partial charge on any atom is -0.320 e. The van der Waals surface area contributed by atoms with Gasteiger partial charge in [0.15, 0.2) is 0 Å². The summed E-state index contributed by atoms with van der Waals surface area (Å²) in [6, 6.07) is 8.99. The smallest absolute Gasteiger partial charge is 0.286 e. The molecule has 0 aliphatic heterocycles. The Labute approximate surface area is 132 Å². The Hall–Kier alpha value is -1.84. The molecule has 0 unspecified atom stereocenters. The largest absolute Gasteiger partial charge is 0.320 e. The Balaban J connectivity index is 1.95. The molecular formula is C13H16N4O3S2. The highest BCUT2D eigenvalue weighted by Gasteiger charge is 2.15. The number of hydrogen-bond acceptors (Lipinski definition) is 6. The zero-order valence-electron chi connectivity index (χ0n) is 11.9. The summed E-state index contributed by atoms with van der Waals surface area (Å²) in [5.41, 5.74) is 0.660. The number of anilines is 1. The van der Waals surface area contributed by atoms with Crippen molar-refractivity contribution in [3.8, 4) is 0 Å². The molecule has 22 heavy (non-hydrogen) atoms. The number of amides is 1. The van der Waals surface area contributed by atoms with Gasteiger partial charge in [-0.05, 0) is 18.6 Å². The van der Waals surface area contributed by atoms with Crippen LogP contribution in [0.1, 0.15) is 28.2 Å². The highest BCUT2D eigenvalue weighted by molar-refractivity contribution is 7.89. The Morgan fingerprint density at radius 2 is 1.95 bits per heavy atom. The predicted molar refractivity (Wildman–Crippen MR) is 85.2 cm³/mol. The first-order valence-electron chi connectivity index (χ1n) is 6.66. The van der Waals surface area contributed by atoms with Crippen molar-refractivity contribution in [2.45, 2.75) is 19.9 Å². The Kier molecular flexibility index (Phi) is 5.58. The van der Waals surface area contributed by atoms with E-state index >= 15 is 0 Å². The fourth-order valence-corrected chi connectivity index (χ4v) is 3.44. The molecule has 9 heteroatoms. The van der Waals surface area contributed by atoms with E-state index in [9.17, 15) is 13.2 Å². The van der Waals surface area contributed by atoms with Crippen molar-refractivity contribution in [2.24, 2.45) is 0 Å². The van der Waals surface area contributed by atoms with Crippen LogP contribution in [0.4, 0.5) is 5.69 Å².